The first-order valence-corrected chi connectivity index (χ1v) is 10.0. The molecule has 7 nitrogen and oxygen atoms in total. The number of fused-ring (bicyclic) bond motifs is 3. The zero-order valence-corrected chi connectivity index (χ0v) is 15.4. The molecule has 1 fully saturated rings. The fourth-order valence-electron chi connectivity index (χ4n) is 4.12. The van der Waals surface area contributed by atoms with E-state index in [0.717, 1.165) is 54.3 Å². The van der Waals surface area contributed by atoms with E-state index in [1.807, 2.05) is 0 Å². The van der Waals surface area contributed by atoms with Gasteiger partial charge in [-0.1, -0.05) is 0 Å². The molecule has 1 amide bonds. The number of ether oxygens (including phenoxy) is 1. The Labute approximate surface area is 155 Å². The molecule has 2 aliphatic rings. The maximum Gasteiger partial charge on any atom is 0.246 e. The lowest BCUT2D eigenvalue weighted by Gasteiger charge is -2.26. The molecular weight excluding hydrogens is 352 g/mol. The average molecular weight is 376 g/mol. The van der Waals surface area contributed by atoms with Crippen LogP contribution in [0.25, 0.3) is 10.2 Å². The number of hydrogen-bond donors (Lipinski definition) is 3. The normalized spacial score (nSPS) is 26.6. The van der Waals surface area contributed by atoms with Crippen molar-refractivity contribution in [2.75, 3.05) is 0 Å². The first-order chi connectivity index (χ1) is 12.5. The molecule has 0 saturated heterocycles. The van der Waals surface area contributed by atoms with Gasteiger partial charge in [0.25, 0.3) is 0 Å². The van der Waals surface area contributed by atoms with Crippen LogP contribution in [-0.2, 0) is 11.2 Å². The minimum Gasteiger partial charge on any atom is -0.474 e. The SMILES string of the molecule is NC(=O)[C@@H](O)C[C@H]1CCc2sc3ncnc(O[C@H]4CC[C@H](N)CC4)c3c21. The summed E-state index contributed by atoms with van der Waals surface area (Å²) in [7, 11) is 0. The van der Waals surface area contributed by atoms with Gasteiger partial charge in [-0.3, -0.25) is 4.79 Å². The van der Waals surface area contributed by atoms with E-state index in [1.54, 1.807) is 17.7 Å². The minimum atomic E-state index is -1.13. The van der Waals surface area contributed by atoms with E-state index in [2.05, 4.69) is 9.97 Å². The number of aromatic nitrogens is 2. The molecule has 5 N–H and O–H groups in total. The van der Waals surface area contributed by atoms with Crippen molar-refractivity contribution in [1.82, 2.24) is 9.97 Å². The molecule has 0 spiro atoms. The molecule has 2 aromatic rings. The fourth-order valence-corrected chi connectivity index (χ4v) is 5.35. The summed E-state index contributed by atoms with van der Waals surface area (Å²) in [6.07, 6.45) is 6.49. The Kier molecular flexibility index (Phi) is 4.81. The number of thiophene rings is 1. The number of aliphatic hydroxyl groups excluding tert-OH is 1. The zero-order chi connectivity index (χ0) is 18.3. The van der Waals surface area contributed by atoms with E-state index in [0.29, 0.717) is 12.3 Å². The third kappa shape index (κ3) is 3.28. The smallest absolute Gasteiger partial charge is 0.246 e. The number of primary amides is 1. The number of carbonyl (C=O) groups excluding carboxylic acids is 1. The van der Waals surface area contributed by atoms with E-state index in [4.69, 9.17) is 16.2 Å². The van der Waals surface area contributed by atoms with Gasteiger partial charge >= 0.3 is 0 Å². The van der Waals surface area contributed by atoms with Crippen LogP contribution in [0.2, 0.25) is 0 Å². The largest absolute Gasteiger partial charge is 0.474 e. The van der Waals surface area contributed by atoms with Gasteiger partial charge in [0.2, 0.25) is 11.8 Å². The van der Waals surface area contributed by atoms with Crippen molar-refractivity contribution in [1.29, 1.82) is 0 Å². The Morgan fingerprint density at radius 2 is 2.08 bits per heavy atom. The van der Waals surface area contributed by atoms with Crippen molar-refractivity contribution in [3.8, 4) is 5.88 Å². The third-order valence-electron chi connectivity index (χ3n) is 5.53. The van der Waals surface area contributed by atoms with Crippen LogP contribution in [0, 0.1) is 0 Å². The predicted octanol–water partition coefficient (Wildman–Crippen LogP) is 1.61. The number of aliphatic hydroxyl groups is 1. The number of rotatable bonds is 5. The van der Waals surface area contributed by atoms with Gasteiger partial charge in [0.1, 0.15) is 23.4 Å². The number of hydrogen-bond acceptors (Lipinski definition) is 7. The second kappa shape index (κ2) is 7.09. The number of aryl methyl sites for hydroxylation is 1. The van der Waals surface area contributed by atoms with Crippen LogP contribution in [0.4, 0.5) is 0 Å². The van der Waals surface area contributed by atoms with Gasteiger partial charge in [-0.25, -0.2) is 9.97 Å². The second-order valence-electron chi connectivity index (χ2n) is 7.34. The molecule has 4 rings (SSSR count). The van der Waals surface area contributed by atoms with Gasteiger partial charge in [0, 0.05) is 10.9 Å². The van der Waals surface area contributed by atoms with Crippen LogP contribution in [-0.4, -0.2) is 39.2 Å². The Balaban J connectivity index is 1.64. The molecule has 0 aromatic carbocycles. The molecule has 0 bridgehead atoms. The van der Waals surface area contributed by atoms with Gasteiger partial charge in [-0.15, -0.1) is 11.3 Å². The van der Waals surface area contributed by atoms with Crippen molar-refractivity contribution in [3.05, 3.63) is 16.8 Å². The molecular formula is C18H24N4O3S. The van der Waals surface area contributed by atoms with Gasteiger partial charge in [0.05, 0.1) is 5.39 Å². The summed E-state index contributed by atoms with van der Waals surface area (Å²) in [4.78, 5) is 22.2. The first-order valence-electron chi connectivity index (χ1n) is 9.18. The number of nitrogens with two attached hydrogens (primary N) is 2. The summed E-state index contributed by atoms with van der Waals surface area (Å²) in [6.45, 7) is 0. The van der Waals surface area contributed by atoms with Crippen molar-refractivity contribution in [3.63, 3.8) is 0 Å². The van der Waals surface area contributed by atoms with E-state index >= 15 is 0 Å². The molecule has 26 heavy (non-hydrogen) atoms. The Morgan fingerprint density at radius 3 is 2.81 bits per heavy atom. The molecule has 0 unspecified atom stereocenters. The molecule has 0 aliphatic heterocycles. The molecule has 8 heteroatoms. The van der Waals surface area contributed by atoms with Crippen LogP contribution >= 0.6 is 11.3 Å². The first kappa shape index (κ1) is 17.6. The van der Waals surface area contributed by atoms with Crippen molar-refractivity contribution in [2.24, 2.45) is 11.5 Å². The number of carbonyl (C=O) groups is 1. The second-order valence-corrected chi connectivity index (χ2v) is 8.43. The van der Waals surface area contributed by atoms with Crippen LogP contribution in [0.5, 0.6) is 5.88 Å². The molecule has 2 heterocycles. The van der Waals surface area contributed by atoms with Gasteiger partial charge < -0.3 is 21.3 Å². The summed E-state index contributed by atoms with van der Waals surface area (Å²) in [6, 6.07) is 0.269. The minimum absolute atomic E-state index is 0.0781. The van der Waals surface area contributed by atoms with Crippen LogP contribution in [0.15, 0.2) is 6.33 Å². The van der Waals surface area contributed by atoms with Crippen LogP contribution in [0.3, 0.4) is 0 Å². The van der Waals surface area contributed by atoms with Gasteiger partial charge in [0.15, 0.2) is 0 Å². The monoisotopic (exact) mass is 376 g/mol. The maximum atomic E-state index is 11.3. The standard InChI is InChI=1S/C18H24N4O3S/c19-10-2-4-11(5-3-10)25-17-15-14-9(7-12(23)16(20)24)1-6-13(14)26-18(15)22-8-21-17/h8-12,23H,1-7,19H2,(H2,20,24)/t9-,10-,11-,12+/m1/s1. The van der Waals surface area contributed by atoms with E-state index in [9.17, 15) is 9.90 Å². The predicted molar refractivity (Wildman–Crippen MR) is 99.2 cm³/mol. The van der Waals surface area contributed by atoms with Crippen LogP contribution in [0.1, 0.15) is 54.9 Å². The highest BCUT2D eigenvalue weighted by atomic mass is 32.1. The van der Waals surface area contributed by atoms with E-state index in [1.165, 1.54) is 4.88 Å². The van der Waals surface area contributed by atoms with Gasteiger partial charge in [-0.2, -0.15) is 0 Å². The lowest BCUT2D eigenvalue weighted by atomic mass is 9.93. The molecule has 1 saturated carbocycles. The fraction of sp³-hybridized carbons (Fsp3) is 0.611. The summed E-state index contributed by atoms with van der Waals surface area (Å²) in [5.74, 6) is 0.0204. The van der Waals surface area contributed by atoms with Crippen LogP contribution < -0.4 is 16.2 Å². The zero-order valence-electron chi connectivity index (χ0n) is 14.6. The maximum absolute atomic E-state index is 11.3. The van der Waals surface area contributed by atoms with Crippen molar-refractivity contribution in [2.45, 2.75) is 69.1 Å². The van der Waals surface area contributed by atoms with Gasteiger partial charge in [-0.05, 0) is 56.4 Å². The molecule has 140 valence electrons. The highest BCUT2D eigenvalue weighted by molar-refractivity contribution is 7.19. The van der Waals surface area contributed by atoms with E-state index < -0.39 is 12.0 Å². The van der Waals surface area contributed by atoms with E-state index in [-0.39, 0.29) is 18.1 Å². The van der Waals surface area contributed by atoms with Crippen molar-refractivity contribution < 1.29 is 14.6 Å². The van der Waals surface area contributed by atoms with Crippen molar-refractivity contribution >= 4 is 27.5 Å². The Hall–Kier alpha value is -1.77. The molecule has 2 atom stereocenters. The summed E-state index contributed by atoms with van der Waals surface area (Å²) in [5.41, 5.74) is 12.4. The third-order valence-corrected chi connectivity index (χ3v) is 6.70. The highest BCUT2D eigenvalue weighted by Gasteiger charge is 2.33. The lowest BCUT2D eigenvalue weighted by Crippen LogP contribution is -2.32. The molecule has 2 aliphatic carbocycles. The lowest BCUT2D eigenvalue weighted by molar-refractivity contribution is -0.126. The molecule has 2 aromatic heterocycles. The highest BCUT2D eigenvalue weighted by Crippen LogP contribution is 2.47. The topological polar surface area (TPSA) is 124 Å². The quantitative estimate of drug-likeness (QED) is 0.728. The molecule has 0 radical (unpaired) electrons. The Bertz CT molecular complexity index is 816. The summed E-state index contributed by atoms with van der Waals surface area (Å²) in [5, 5.41) is 10.9. The summed E-state index contributed by atoms with van der Waals surface area (Å²) < 4.78 is 6.25. The summed E-state index contributed by atoms with van der Waals surface area (Å²) >= 11 is 1.65. The average Bonchev–Trinajstić information content (AvgIpc) is 3.17. The Morgan fingerprint density at radius 1 is 1.31 bits per heavy atom. The number of nitrogens with zero attached hydrogens (tertiary/aromatic N) is 2. The number of amides is 1.